The molecular weight excluding hydrogens is 761 g/mol. The van der Waals surface area contributed by atoms with Crippen molar-refractivity contribution in [2.45, 2.75) is 114 Å². The predicted molar refractivity (Wildman–Crippen MR) is 240 cm³/mol. The summed E-state index contributed by atoms with van der Waals surface area (Å²) < 4.78 is 0.492. The van der Waals surface area contributed by atoms with Crippen LogP contribution in [-0.4, -0.2) is 39.9 Å². The maximum atomic E-state index is 5.63. The number of fused-ring (bicyclic) bond motifs is 17. The largest absolute Gasteiger partial charge is 0.324 e. The summed E-state index contributed by atoms with van der Waals surface area (Å²) in [5.41, 5.74) is 6.22. The molecule has 6 aromatic rings. The fraction of sp³-hybridized carbons (Fsp3) is 0.391. The first-order valence-electron chi connectivity index (χ1n) is 21.0. The van der Waals surface area contributed by atoms with Crippen LogP contribution >= 0.6 is 34.4 Å². The fourth-order valence-corrected chi connectivity index (χ4v) is 12.1. The second-order valence-corrected chi connectivity index (χ2v) is 18.8. The number of hydrogen-bond donors (Lipinski definition) is 2. The molecule has 290 valence electrons. The first kappa shape index (κ1) is 36.9. The van der Waals surface area contributed by atoms with E-state index in [-0.39, 0.29) is 0 Å². The molecule has 0 spiro atoms. The SMILES string of the molecule is CCCCCCCCc1ccc(CCCCCCCC)c2c3nc4nc(nc5[nH]c(nc6nc(nc([nH]3)c12)-c1ccsc1-6)c1ccsc51)C12C=CC=CC41SC=C2. The van der Waals surface area contributed by atoms with Crippen molar-refractivity contribution in [1.82, 2.24) is 39.9 Å². The van der Waals surface area contributed by atoms with Crippen molar-refractivity contribution >= 4 is 77.9 Å². The minimum absolute atomic E-state index is 0.558. The maximum Gasteiger partial charge on any atom is 0.174 e. The standard InChI is InChI=1S/C46H48N8S3/c1-3-5-7-9-11-13-17-29-19-20-30(18-14-12-10-8-6-4-2)34-33(29)39-47-37-31-21-26-55-35(31)41(48-37)49-38-32-22-27-56-36(32)42(50-38)53-43-45-23-15-16-24-46(45,57-28-25-45)44(54-43)52-40(34)51-39/h15-16,19-28H,3-14,17-18H2,1-2H3,(H2,47,48,49,50,51,52,53,54). The van der Waals surface area contributed by atoms with Crippen molar-refractivity contribution in [2.24, 2.45) is 0 Å². The van der Waals surface area contributed by atoms with Gasteiger partial charge in [-0.2, -0.15) is 0 Å². The van der Waals surface area contributed by atoms with E-state index in [1.807, 2.05) is 0 Å². The topological polar surface area (TPSA) is 109 Å². The van der Waals surface area contributed by atoms with Gasteiger partial charge in [0, 0.05) is 21.7 Å². The van der Waals surface area contributed by atoms with E-state index in [0.717, 1.165) is 80.4 Å². The van der Waals surface area contributed by atoms with Crippen molar-refractivity contribution in [3.63, 3.8) is 0 Å². The molecule has 2 unspecified atom stereocenters. The zero-order valence-electron chi connectivity index (χ0n) is 32.7. The summed E-state index contributed by atoms with van der Waals surface area (Å²) in [6.45, 7) is 4.57. The number of allylic oxidation sites excluding steroid dienone is 4. The van der Waals surface area contributed by atoms with Gasteiger partial charge >= 0.3 is 0 Å². The number of aryl methyl sites for hydroxylation is 2. The van der Waals surface area contributed by atoms with Gasteiger partial charge in [-0.3, -0.25) is 0 Å². The highest BCUT2D eigenvalue weighted by atomic mass is 32.2. The highest BCUT2D eigenvalue weighted by Gasteiger charge is 2.60. The average molecular weight is 809 g/mol. The molecule has 4 aliphatic rings. The van der Waals surface area contributed by atoms with Gasteiger partial charge in [-0.1, -0.05) is 121 Å². The number of rotatable bonds is 14. The van der Waals surface area contributed by atoms with E-state index in [9.17, 15) is 0 Å². The summed E-state index contributed by atoms with van der Waals surface area (Å²) in [5.74, 6) is 2.83. The third-order valence-electron chi connectivity index (χ3n) is 12.2. The van der Waals surface area contributed by atoms with Gasteiger partial charge in [-0.05, 0) is 65.1 Å². The number of nitrogens with one attached hydrogen (secondary N) is 2. The maximum absolute atomic E-state index is 5.63. The van der Waals surface area contributed by atoms with Gasteiger partial charge in [0.05, 0.1) is 15.0 Å². The number of hydrogen-bond acceptors (Lipinski definition) is 9. The normalized spacial score (nSPS) is 19.2. The average Bonchev–Trinajstić information content (AvgIpc) is 4.08. The number of benzene rings is 1. The Bertz CT molecular complexity index is 2750. The summed E-state index contributed by atoms with van der Waals surface area (Å²) in [6, 6.07) is 9.00. The molecule has 0 saturated carbocycles. The summed E-state index contributed by atoms with van der Waals surface area (Å²) >= 11 is 5.09. The van der Waals surface area contributed by atoms with Crippen LogP contribution in [0.3, 0.4) is 0 Å². The van der Waals surface area contributed by atoms with E-state index in [2.05, 4.69) is 94.6 Å². The fourth-order valence-electron chi connectivity index (χ4n) is 9.13. The van der Waals surface area contributed by atoms with E-state index in [4.69, 9.17) is 29.9 Å². The molecule has 0 fully saturated rings. The first-order valence-corrected chi connectivity index (χ1v) is 23.6. The molecule has 2 N–H and O–H groups in total. The van der Waals surface area contributed by atoms with E-state index in [0.29, 0.717) is 11.6 Å². The highest BCUT2D eigenvalue weighted by Crippen LogP contribution is 2.61. The van der Waals surface area contributed by atoms with Crippen molar-refractivity contribution in [2.75, 3.05) is 0 Å². The van der Waals surface area contributed by atoms with Crippen LogP contribution in [0.1, 0.15) is 114 Å². The number of thioether (sulfide) groups is 1. The monoisotopic (exact) mass is 808 g/mol. The van der Waals surface area contributed by atoms with Crippen molar-refractivity contribution in [3.05, 3.63) is 93.6 Å². The number of nitrogens with zero attached hydrogens (tertiary/aromatic N) is 6. The van der Waals surface area contributed by atoms with E-state index in [1.54, 1.807) is 34.4 Å². The molecule has 8 bridgehead atoms. The van der Waals surface area contributed by atoms with Crippen LogP contribution < -0.4 is 0 Å². The Morgan fingerprint density at radius 1 is 0.561 bits per heavy atom. The first-order chi connectivity index (χ1) is 28.1. The minimum atomic E-state index is -0.573. The Balaban J connectivity index is 1.25. The second-order valence-electron chi connectivity index (χ2n) is 15.8. The Morgan fingerprint density at radius 2 is 1.21 bits per heavy atom. The number of aromatic nitrogens is 8. The molecule has 8 heterocycles. The second kappa shape index (κ2) is 15.4. The lowest BCUT2D eigenvalue weighted by Gasteiger charge is -2.34. The van der Waals surface area contributed by atoms with Crippen molar-refractivity contribution in [3.8, 4) is 22.1 Å². The highest BCUT2D eigenvalue weighted by molar-refractivity contribution is 8.03. The van der Waals surface area contributed by atoms with E-state index >= 15 is 0 Å². The van der Waals surface area contributed by atoms with E-state index in [1.165, 1.54) is 86.1 Å². The predicted octanol–water partition coefficient (Wildman–Crippen LogP) is 13.0. The van der Waals surface area contributed by atoms with Crippen molar-refractivity contribution < 1.29 is 0 Å². The van der Waals surface area contributed by atoms with Gasteiger partial charge in [-0.15, -0.1) is 34.4 Å². The van der Waals surface area contributed by atoms with Gasteiger partial charge in [0.25, 0.3) is 0 Å². The zero-order chi connectivity index (χ0) is 38.4. The van der Waals surface area contributed by atoms with Crippen LogP contribution in [0.15, 0.2) is 70.8 Å². The number of H-pyrrole nitrogens is 2. The Morgan fingerprint density at radius 3 is 1.98 bits per heavy atom. The molecule has 5 aromatic heterocycles. The van der Waals surface area contributed by atoms with Crippen LogP contribution in [0.5, 0.6) is 0 Å². The number of thiophene rings is 2. The number of unbranched alkanes of at least 4 members (excludes halogenated alkanes) is 10. The molecule has 2 atom stereocenters. The molecular formula is C46H48N8S3. The van der Waals surface area contributed by atoms with Gasteiger partial charge < -0.3 is 9.97 Å². The lowest BCUT2D eigenvalue weighted by Crippen LogP contribution is -2.38. The van der Waals surface area contributed by atoms with Gasteiger partial charge in [0.1, 0.15) is 27.5 Å². The molecule has 8 nitrogen and oxygen atoms in total. The summed E-state index contributed by atoms with van der Waals surface area (Å²) in [5, 5.41) is 9.79. The number of aromatic amines is 2. The third-order valence-corrected chi connectivity index (χ3v) is 15.3. The molecule has 11 heteroatoms. The molecule has 0 radical (unpaired) electrons. The molecule has 10 rings (SSSR count). The lowest BCUT2D eigenvalue weighted by atomic mass is 9.73. The molecule has 1 aliphatic carbocycles. The summed E-state index contributed by atoms with van der Waals surface area (Å²) in [6.07, 6.45) is 28.1. The van der Waals surface area contributed by atoms with Crippen LogP contribution in [0.4, 0.5) is 0 Å². The molecule has 1 aromatic carbocycles. The van der Waals surface area contributed by atoms with Crippen LogP contribution in [-0.2, 0) is 23.0 Å². The zero-order valence-corrected chi connectivity index (χ0v) is 35.2. The molecule has 57 heavy (non-hydrogen) atoms. The lowest BCUT2D eigenvalue weighted by molar-refractivity contribution is 0.557. The van der Waals surface area contributed by atoms with Gasteiger partial charge in [-0.25, -0.2) is 29.9 Å². The molecule has 0 amide bonds. The van der Waals surface area contributed by atoms with Crippen LogP contribution in [0.25, 0.3) is 65.5 Å². The molecule has 0 saturated heterocycles. The Kier molecular flexibility index (Phi) is 9.95. The van der Waals surface area contributed by atoms with Gasteiger partial charge in [0.2, 0.25) is 0 Å². The van der Waals surface area contributed by atoms with Crippen LogP contribution in [0, 0.1) is 0 Å². The van der Waals surface area contributed by atoms with E-state index < -0.39 is 10.2 Å². The Hall–Kier alpha value is -4.45. The Labute approximate surface area is 345 Å². The van der Waals surface area contributed by atoms with Gasteiger partial charge in [0.15, 0.2) is 23.1 Å². The minimum Gasteiger partial charge on any atom is -0.324 e. The smallest absolute Gasteiger partial charge is 0.174 e. The molecule has 3 aliphatic heterocycles. The third kappa shape index (κ3) is 6.23. The van der Waals surface area contributed by atoms with Crippen LogP contribution in [0.2, 0.25) is 0 Å². The summed E-state index contributed by atoms with van der Waals surface area (Å²) in [7, 11) is 0. The summed E-state index contributed by atoms with van der Waals surface area (Å²) in [4.78, 5) is 40.6. The quantitative estimate of drug-likeness (QED) is 0.105. The van der Waals surface area contributed by atoms with Crippen molar-refractivity contribution in [1.29, 1.82) is 0 Å².